The van der Waals surface area contributed by atoms with Crippen LogP contribution in [0.4, 0.5) is 4.39 Å². The number of carbonyl (C=O) groups is 1. The maximum absolute atomic E-state index is 12.9. The molecule has 3 aromatic rings. The Kier molecular flexibility index (Phi) is 4.26. The van der Waals surface area contributed by atoms with Crippen LogP contribution < -0.4 is 5.32 Å². The van der Waals surface area contributed by atoms with Gasteiger partial charge in [0.25, 0.3) is 11.6 Å². The molecule has 0 saturated carbocycles. The van der Waals surface area contributed by atoms with Gasteiger partial charge in [0.05, 0.1) is 22.7 Å². The molecule has 7 heteroatoms. The van der Waals surface area contributed by atoms with Gasteiger partial charge in [-0.1, -0.05) is 17.3 Å². The number of hydrogen-bond acceptors (Lipinski definition) is 5. The van der Waals surface area contributed by atoms with Crippen molar-refractivity contribution in [2.75, 3.05) is 6.54 Å². The summed E-state index contributed by atoms with van der Waals surface area (Å²) in [6.45, 7) is 3.48. The predicted octanol–water partition coefficient (Wildman–Crippen LogP) is 2.44. The second-order valence-corrected chi connectivity index (χ2v) is 5.54. The number of aromatic nitrogens is 2. The average molecular weight is 329 g/mol. The fourth-order valence-electron chi connectivity index (χ4n) is 2.48. The molecule has 1 unspecified atom stereocenters. The number of rotatable bonds is 4. The Morgan fingerprint density at radius 3 is 2.75 bits per heavy atom. The summed E-state index contributed by atoms with van der Waals surface area (Å²) in [5.41, 5.74) is 2.41. The van der Waals surface area contributed by atoms with Crippen molar-refractivity contribution in [1.82, 2.24) is 15.5 Å². The van der Waals surface area contributed by atoms with E-state index in [4.69, 9.17) is 4.52 Å². The van der Waals surface area contributed by atoms with Gasteiger partial charge < -0.3 is 14.9 Å². The molecule has 0 aliphatic heterocycles. The summed E-state index contributed by atoms with van der Waals surface area (Å²) in [4.78, 5) is 16.7. The first-order chi connectivity index (χ1) is 11.5. The maximum atomic E-state index is 12.9. The van der Waals surface area contributed by atoms with Gasteiger partial charge in [0, 0.05) is 12.2 Å². The molecule has 0 bridgehead atoms. The third-order valence-corrected chi connectivity index (χ3v) is 3.70. The fourth-order valence-corrected chi connectivity index (χ4v) is 2.48. The average Bonchev–Trinajstić information content (AvgIpc) is 2.93. The van der Waals surface area contributed by atoms with Gasteiger partial charge in [0.15, 0.2) is 0 Å². The van der Waals surface area contributed by atoms with E-state index in [-0.39, 0.29) is 18.3 Å². The van der Waals surface area contributed by atoms with E-state index in [9.17, 15) is 14.3 Å². The first kappa shape index (κ1) is 16.1. The molecule has 0 fully saturated rings. The lowest BCUT2D eigenvalue weighted by atomic mass is 10.1. The summed E-state index contributed by atoms with van der Waals surface area (Å²) in [6, 6.07) is 7.12. The van der Waals surface area contributed by atoms with Gasteiger partial charge in [0.2, 0.25) is 0 Å². The van der Waals surface area contributed by atoms with Crippen molar-refractivity contribution >= 4 is 17.0 Å². The van der Waals surface area contributed by atoms with E-state index in [0.717, 1.165) is 0 Å². The Labute approximate surface area is 137 Å². The number of benzene rings is 1. The molecular formula is C17H16FN3O3. The van der Waals surface area contributed by atoms with E-state index in [1.165, 1.54) is 24.3 Å². The molecule has 124 valence electrons. The summed E-state index contributed by atoms with van der Waals surface area (Å²) in [6.07, 6.45) is -0.934. The summed E-state index contributed by atoms with van der Waals surface area (Å²) in [7, 11) is 0. The molecule has 2 heterocycles. The van der Waals surface area contributed by atoms with Crippen LogP contribution in [-0.2, 0) is 0 Å². The SMILES string of the molecule is Cc1cc(C(=O)NCC(O)c2ccc(F)cc2)c2c(C)noc2n1. The monoisotopic (exact) mass is 329 g/mol. The highest BCUT2D eigenvalue weighted by atomic mass is 19.1. The van der Waals surface area contributed by atoms with Gasteiger partial charge in [-0.25, -0.2) is 9.37 Å². The lowest BCUT2D eigenvalue weighted by Crippen LogP contribution is -2.28. The van der Waals surface area contributed by atoms with Crippen molar-refractivity contribution in [1.29, 1.82) is 0 Å². The number of carbonyl (C=O) groups excluding carboxylic acids is 1. The van der Waals surface area contributed by atoms with Crippen LogP contribution in [-0.4, -0.2) is 27.7 Å². The number of aryl methyl sites for hydroxylation is 2. The Bertz CT molecular complexity index is 890. The van der Waals surface area contributed by atoms with Crippen molar-refractivity contribution < 1.29 is 18.8 Å². The van der Waals surface area contributed by atoms with Crippen LogP contribution in [0.5, 0.6) is 0 Å². The van der Waals surface area contributed by atoms with Crippen molar-refractivity contribution in [3.8, 4) is 0 Å². The molecule has 1 aromatic carbocycles. The second kappa shape index (κ2) is 6.37. The number of fused-ring (bicyclic) bond motifs is 1. The van der Waals surface area contributed by atoms with Gasteiger partial charge in [-0.15, -0.1) is 0 Å². The third-order valence-electron chi connectivity index (χ3n) is 3.70. The molecule has 1 amide bonds. The highest BCUT2D eigenvalue weighted by Gasteiger charge is 2.18. The highest BCUT2D eigenvalue weighted by Crippen LogP contribution is 2.22. The molecule has 24 heavy (non-hydrogen) atoms. The Balaban J connectivity index is 1.78. The summed E-state index contributed by atoms with van der Waals surface area (Å²) in [5, 5.41) is 17.2. The molecule has 0 spiro atoms. The summed E-state index contributed by atoms with van der Waals surface area (Å²) < 4.78 is 18.0. The van der Waals surface area contributed by atoms with Gasteiger partial charge >= 0.3 is 0 Å². The number of amides is 1. The van der Waals surface area contributed by atoms with Crippen molar-refractivity contribution in [2.45, 2.75) is 20.0 Å². The number of nitrogens with zero attached hydrogens (tertiary/aromatic N) is 2. The van der Waals surface area contributed by atoms with E-state index in [1.807, 2.05) is 0 Å². The molecule has 0 aliphatic rings. The zero-order valence-electron chi connectivity index (χ0n) is 13.2. The Hall–Kier alpha value is -2.80. The number of aliphatic hydroxyl groups excluding tert-OH is 1. The van der Waals surface area contributed by atoms with E-state index in [0.29, 0.717) is 33.6 Å². The number of nitrogens with one attached hydrogen (secondary N) is 1. The van der Waals surface area contributed by atoms with Crippen LogP contribution in [0.1, 0.15) is 33.4 Å². The minimum absolute atomic E-state index is 0.00232. The zero-order valence-corrected chi connectivity index (χ0v) is 13.2. The van der Waals surface area contributed by atoms with Gasteiger partial charge in [-0.2, -0.15) is 0 Å². The molecular weight excluding hydrogens is 313 g/mol. The maximum Gasteiger partial charge on any atom is 0.258 e. The fraction of sp³-hybridized carbons (Fsp3) is 0.235. The van der Waals surface area contributed by atoms with Crippen LogP contribution in [0.15, 0.2) is 34.9 Å². The largest absolute Gasteiger partial charge is 0.387 e. The first-order valence-corrected chi connectivity index (χ1v) is 7.41. The lowest BCUT2D eigenvalue weighted by Gasteiger charge is -2.13. The summed E-state index contributed by atoms with van der Waals surface area (Å²) >= 11 is 0. The van der Waals surface area contributed by atoms with Crippen LogP contribution in [0.25, 0.3) is 11.1 Å². The van der Waals surface area contributed by atoms with Gasteiger partial charge in [-0.05, 0) is 37.6 Å². The third kappa shape index (κ3) is 3.11. The lowest BCUT2D eigenvalue weighted by molar-refractivity contribution is 0.0917. The molecule has 0 radical (unpaired) electrons. The molecule has 2 N–H and O–H groups in total. The number of pyridine rings is 1. The highest BCUT2D eigenvalue weighted by molar-refractivity contribution is 6.06. The Morgan fingerprint density at radius 1 is 1.33 bits per heavy atom. The van der Waals surface area contributed by atoms with Crippen LogP contribution >= 0.6 is 0 Å². The first-order valence-electron chi connectivity index (χ1n) is 7.41. The van der Waals surface area contributed by atoms with Crippen LogP contribution in [0.2, 0.25) is 0 Å². The van der Waals surface area contributed by atoms with Crippen molar-refractivity contribution in [2.24, 2.45) is 0 Å². The smallest absolute Gasteiger partial charge is 0.258 e. The van der Waals surface area contributed by atoms with E-state index < -0.39 is 6.10 Å². The quantitative estimate of drug-likeness (QED) is 0.767. The molecule has 1 atom stereocenters. The Morgan fingerprint density at radius 2 is 2.04 bits per heavy atom. The topological polar surface area (TPSA) is 88.2 Å². The number of halogens is 1. The van der Waals surface area contributed by atoms with E-state index in [1.54, 1.807) is 19.9 Å². The standard InChI is InChI=1S/C17H16FN3O3/c1-9-7-13(15-10(2)21-24-17(15)20-9)16(23)19-8-14(22)11-3-5-12(18)6-4-11/h3-7,14,22H,8H2,1-2H3,(H,19,23). The molecule has 0 aliphatic carbocycles. The number of hydrogen-bond donors (Lipinski definition) is 2. The van der Waals surface area contributed by atoms with Crippen molar-refractivity contribution in [3.05, 3.63) is 58.7 Å². The minimum Gasteiger partial charge on any atom is -0.387 e. The van der Waals surface area contributed by atoms with Crippen LogP contribution in [0.3, 0.4) is 0 Å². The molecule has 2 aromatic heterocycles. The molecule has 6 nitrogen and oxygen atoms in total. The molecule has 0 saturated heterocycles. The van der Waals surface area contributed by atoms with Gasteiger partial charge in [-0.3, -0.25) is 4.79 Å². The van der Waals surface area contributed by atoms with Crippen molar-refractivity contribution in [3.63, 3.8) is 0 Å². The van der Waals surface area contributed by atoms with E-state index >= 15 is 0 Å². The minimum atomic E-state index is -0.934. The molecule has 3 rings (SSSR count). The predicted molar refractivity (Wildman–Crippen MR) is 85.0 cm³/mol. The van der Waals surface area contributed by atoms with Crippen LogP contribution in [0, 0.1) is 19.7 Å². The normalized spacial score (nSPS) is 12.3. The second-order valence-electron chi connectivity index (χ2n) is 5.54. The van der Waals surface area contributed by atoms with E-state index in [2.05, 4.69) is 15.5 Å². The zero-order chi connectivity index (χ0) is 17.3. The number of aliphatic hydroxyl groups is 1. The summed E-state index contributed by atoms with van der Waals surface area (Å²) in [5.74, 6) is -0.745. The van der Waals surface area contributed by atoms with Gasteiger partial charge in [0.1, 0.15) is 5.82 Å².